The molecule has 2 aromatic carbocycles. The summed E-state index contributed by atoms with van der Waals surface area (Å²) in [4.78, 5) is 14.5. The molecule has 1 aromatic heterocycles. The van der Waals surface area contributed by atoms with Gasteiger partial charge in [0.15, 0.2) is 0 Å². The zero-order valence-corrected chi connectivity index (χ0v) is 13.6. The van der Waals surface area contributed by atoms with Crippen molar-refractivity contribution >= 4 is 40.1 Å². The number of H-pyrrole nitrogens is 1. The molecule has 0 amide bonds. The summed E-state index contributed by atoms with van der Waals surface area (Å²) >= 11 is 12.2. The minimum Gasteiger partial charge on any atom is -0.478 e. The van der Waals surface area contributed by atoms with Crippen molar-refractivity contribution in [2.24, 2.45) is 5.73 Å². The molecule has 118 valence electrons. The van der Waals surface area contributed by atoms with Crippen molar-refractivity contribution in [3.05, 3.63) is 57.6 Å². The van der Waals surface area contributed by atoms with Crippen LogP contribution in [0.1, 0.15) is 15.9 Å². The SMILES string of the molecule is NCCc1c(-c2cc(Cl)cc(Cl)c2)[nH]c2ccc(C(=O)O)cc12. The number of carboxylic acid groups (broad SMARTS) is 1. The fourth-order valence-electron chi connectivity index (χ4n) is 2.73. The van der Waals surface area contributed by atoms with E-state index in [1.807, 2.05) is 12.1 Å². The highest BCUT2D eigenvalue weighted by Crippen LogP contribution is 2.34. The molecule has 23 heavy (non-hydrogen) atoms. The lowest BCUT2D eigenvalue weighted by molar-refractivity contribution is 0.0697. The minimum absolute atomic E-state index is 0.241. The van der Waals surface area contributed by atoms with E-state index in [0.717, 1.165) is 27.7 Å². The highest BCUT2D eigenvalue weighted by Gasteiger charge is 2.15. The number of hydrogen-bond acceptors (Lipinski definition) is 2. The van der Waals surface area contributed by atoms with Crippen molar-refractivity contribution in [1.29, 1.82) is 0 Å². The van der Waals surface area contributed by atoms with Gasteiger partial charge in [-0.1, -0.05) is 23.2 Å². The summed E-state index contributed by atoms with van der Waals surface area (Å²) in [7, 11) is 0. The largest absolute Gasteiger partial charge is 0.478 e. The Hall–Kier alpha value is -2.01. The molecule has 0 radical (unpaired) electrons. The molecule has 0 bridgehead atoms. The lowest BCUT2D eigenvalue weighted by Crippen LogP contribution is -2.03. The lowest BCUT2D eigenvalue weighted by atomic mass is 10.0. The molecule has 4 N–H and O–H groups in total. The first-order valence-electron chi connectivity index (χ1n) is 7.04. The maximum absolute atomic E-state index is 11.2. The van der Waals surface area contributed by atoms with Crippen LogP contribution in [0.3, 0.4) is 0 Å². The fourth-order valence-corrected chi connectivity index (χ4v) is 3.26. The summed E-state index contributed by atoms with van der Waals surface area (Å²) in [6.07, 6.45) is 0.614. The third-order valence-electron chi connectivity index (χ3n) is 3.70. The maximum atomic E-state index is 11.2. The summed E-state index contributed by atoms with van der Waals surface area (Å²) in [5, 5.41) is 11.1. The van der Waals surface area contributed by atoms with Gasteiger partial charge in [-0.25, -0.2) is 4.79 Å². The number of aromatic amines is 1. The zero-order valence-electron chi connectivity index (χ0n) is 12.1. The Kier molecular flexibility index (Phi) is 4.31. The molecule has 3 aromatic rings. The van der Waals surface area contributed by atoms with Crippen molar-refractivity contribution in [3.63, 3.8) is 0 Å². The second-order valence-corrected chi connectivity index (χ2v) is 6.11. The molecule has 0 fully saturated rings. The molecular weight excluding hydrogens is 335 g/mol. The number of aromatic carboxylic acids is 1. The standard InChI is InChI=1S/C17H14Cl2N2O2/c18-11-5-10(6-12(19)8-11)16-13(3-4-20)14-7-9(17(22)23)1-2-15(14)21-16/h1-2,5-8,21H,3-4,20H2,(H,22,23). The number of carboxylic acids is 1. The predicted octanol–water partition coefficient (Wildman–Crippen LogP) is 4.34. The number of nitrogens with one attached hydrogen (secondary N) is 1. The van der Waals surface area contributed by atoms with E-state index in [1.54, 1.807) is 24.3 Å². The quantitative estimate of drug-likeness (QED) is 0.655. The predicted molar refractivity (Wildman–Crippen MR) is 93.5 cm³/mol. The zero-order chi connectivity index (χ0) is 16.6. The molecule has 0 aliphatic heterocycles. The average molecular weight is 349 g/mol. The Morgan fingerprint density at radius 2 is 1.83 bits per heavy atom. The van der Waals surface area contributed by atoms with Gasteiger partial charge in [-0.05, 0) is 54.9 Å². The number of hydrogen-bond donors (Lipinski definition) is 3. The van der Waals surface area contributed by atoms with Crippen LogP contribution in [-0.4, -0.2) is 22.6 Å². The number of nitrogens with two attached hydrogens (primary N) is 1. The Labute approximate surface area is 142 Å². The molecule has 4 nitrogen and oxygen atoms in total. The lowest BCUT2D eigenvalue weighted by Gasteiger charge is -2.06. The van der Waals surface area contributed by atoms with E-state index >= 15 is 0 Å². The molecule has 0 unspecified atom stereocenters. The second-order valence-electron chi connectivity index (χ2n) is 5.24. The molecule has 0 saturated heterocycles. The number of fused-ring (bicyclic) bond motifs is 1. The van der Waals surface area contributed by atoms with Crippen molar-refractivity contribution in [1.82, 2.24) is 4.98 Å². The number of halogens is 2. The van der Waals surface area contributed by atoms with Gasteiger partial charge in [-0.15, -0.1) is 0 Å². The van der Waals surface area contributed by atoms with Gasteiger partial charge in [0.05, 0.1) is 5.56 Å². The highest BCUT2D eigenvalue weighted by atomic mass is 35.5. The smallest absolute Gasteiger partial charge is 0.335 e. The van der Waals surface area contributed by atoms with Gasteiger partial charge in [-0.2, -0.15) is 0 Å². The van der Waals surface area contributed by atoms with E-state index in [1.165, 1.54) is 0 Å². The molecule has 3 rings (SSSR count). The van der Waals surface area contributed by atoms with Crippen LogP contribution < -0.4 is 5.73 Å². The first-order chi connectivity index (χ1) is 11.0. The van der Waals surface area contributed by atoms with Gasteiger partial charge in [0.1, 0.15) is 0 Å². The summed E-state index contributed by atoms with van der Waals surface area (Å²) < 4.78 is 0. The molecule has 1 heterocycles. The van der Waals surface area contributed by atoms with Crippen LogP contribution in [0, 0.1) is 0 Å². The molecule has 0 atom stereocenters. The third-order valence-corrected chi connectivity index (χ3v) is 4.14. The molecule has 0 saturated carbocycles. The van der Waals surface area contributed by atoms with E-state index in [0.29, 0.717) is 23.0 Å². The molecule has 0 spiro atoms. The second kappa shape index (κ2) is 6.24. The van der Waals surface area contributed by atoms with Crippen molar-refractivity contribution in [3.8, 4) is 11.3 Å². The fraction of sp³-hybridized carbons (Fsp3) is 0.118. The van der Waals surface area contributed by atoms with Crippen molar-refractivity contribution in [2.45, 2.75) is 6.42 Å². The Bertz CT molecular complexity index is 883. The van der Waals surface area contributed by atoms with E-state index < -0.39 is 5.97 Å². The van der Waals surface area contributed by atoms with Crippen LogP contribution in [0.2, 0.25) is 10.0 Å². The molecule has 0 aliphatic rings. The first kappa shape index (κ1) is 15.9. The van der Waals surface area contributed by atoms with Crippen LogP contribution in [0.5, 0.6) is 0 Å². The van der Waals surface area contributed by atoms with Crippen LogP contribution >= 0.6 is 23.2 Å². The van der Waals surface area contributed by atoms with Gasteiger partial charge >= 0.3 is 5.97 Å². The number of benzene rings is 2. The van der Waals surface area contributed by atoms with Gasteiger partial charge in [0.25, 0.3) is 0 Å². The van der Waals surface area contributed by atoms with E-state index in [4.69, 9.17) is 28.9 Å². The van der Waals surface area contributed by atoms with E-state index in [-0.39, 0.29) is 5.56 Å². The monoisotopic (exact) mass is 348 g/mol. The summed E-state index contributed by atoms with van der Waals surface area (Å²) in [5.74, 6) is -0.959. The highest BCUT2D eigenvalue weighted by molar-refractivity contribution is 6.35. The van der Waals surface area contributed by atoms with E-state index in [9.17, 15) is 9.90 Å². The minimum atomic E-state index is -0.959. The number of rotatable bonds is 4. The number of carbonyl (C=O) groups is 1. The molecule has 0 aliphatic carbocycles. The average Bonchev–Trinajstić information content (AvgIpc) is 2.85. The van der Waals surface area contributed by atoms with Gasteiger partial charge in [-0.3, -0.25) is 0 Å². The van der Waals surface area contributed by atoms with E-state index in [2.05, 4.69) is 4.98 Å². The van der Waals surface area contributed by atoms with Gasteiger partial charge < -0.3 is 15.8 Å². The Morgan fingerprint density at radius 3 is 2.43 bits per heavy atom. The summed E-state index contributed by atoms with van der Waals surface area (Å²) in [5.41, 5.74) is 9.49. The third kappa shape index (κ3) is 3.06. The Morgan fingerprint density at radius 1 is 1.13 bits per heavy atom. The normalized spacial score (nSPS) is 11.1. The van der Waals surface area contributed by atoms with Crippen molar-refractivity contribution < 1.29 is 9.90 Å². The summed E-state index contributed by atoms with van der Waals surface area (Å²) in [6, 6.07) is 10.3. The topological polar surface area (TPSA) is 79.1 Å². The maximum Gasteiger partial charge on any atom is 0.335 e. The van der Waals surface area contributed by atoms with Gasteiger partial charge in [0.2, 0.25) is 0 Å². The van der Waals surface area contributed by atoms with Crippen molar-refractivity contribution in [2.75, 3.05) is 6.54 Å². The van der Waals surface area contributed by atoms with Crippen LogP contribution in [0.4, 0.5) is 0 Å². The molecule has 6 heteroatoms. The first-order valence-corrected chi connectivity index (χ1v) is 7.79. The van der Waals surface area contributed by atoms with Gasteiger partial charge in [0, 0.05) is 32.2 Å². The number of aromatic nitrogens is 1. The summed E-state index contributed by atoms with van der Waals surface area (Å²) in [6.45, 7) is 0.450. The van der Waals surface area contributed by atoms with Crippen LogP contribution in [0.25, 0.3) is 22.2 Å². The van der Waals surface area contributed by atoms with Crippen LogP contribution in [-0.2, 0) is 6.42 Å². The Balaban J connectivity index is 2.27. The van der Waals surface area contributed by atoms with Crippen LogP contribution in [0.15, 0.2) is 36.4 Å². The molecular formula is C17H14Cl2N2O2.